The van der Waals surface area contributed by atoms with Crippen LogP contribution < -0.4 is 5.32 Å². The van der Waals surface area contributed by atoms with Gasteiger partial charge >= 0.3 is 12.2 Å². The molecule has 22 heavy (non-hydrogen) atoms. The Kier molecular flexibility index (Phi) is 4.31. The number of hydrogen-bond donors (Lipinski definition) is 1. The van der Waals surface area contributed by atoms with Crippen LogP contribution in [0.4, 0.5) is 19.2 Å². The summed E-state index contributed by atoms with van der Waals surface area (Å²) in [7, 11) is -1.92. The van der Waals surface area contributed by atoms with Crippen LogP contribution in [0, 0.1) is 6.92 Å². The first kappa shape index (κ1) is 16.1. The zero-order valence-electron chi connectivity index (χ0n) is 11.4. The zero-order chi connectivity index (χ0) is 16.5. The van der Waals surface area contributed by atoms with Gasteiger partial charge in [0.2, 0.25) is 6.39 Å². The molecule has 1 N–H and O–H groups in total. The minimum Gasteiger partial charge on any atom is -0.411 e. The van der Waals surface area contributed by atoms with Crippen molar-refractivity contribution in [3.8, 4) is 0 Å². The van der Waals surface area contributed by atoms with E-state index >= 15 is 0 Å². The van der Waals surface area contributed by atoms with Crippen LogP contribution >= 0.6 is 0 Å². The molecule has 1 aromatic heterocycles. The smallest absolute Gasteiger partial charge is 0.411 e. The van der Waals surface area contributed by atoms with Gasteiger partial charge < -0.3 is 4.42 Å². The van der Waals surface area contributed by atoms with Crippen LogP contribution in [0.2, 0.25) is 0 Å². The summed E-state index contributed by atoms with van der Waals surface area (Å²) >= 11 is 0. The molecule has 0 fully saturated rings. The normalized spacial score (nSPS) is 13.0. The van der Waals surface area contributed by atoms with Gasteiger partial charge in [-0.15, -0.1) is 5.10 Å². The van der Waals surface area contributed by atoms with E-state index in [-0.39, 0.29) is 17.1 Å². The zero-order valence-corrected chi connectivity index (χ0v) is 12.2. The van der Waals surface area contributed by atoms with Crippen molar-refractivity contribution in [1.29, 1.82) is 0 Å². The van der Waals surface area contributed by atoms with Crippen molar-refractivity contribution in [1.82, 2.24) is 10.2 Å². The Morgan fingerprint density at radius 2 is 2.05 bits per heavy atom. The first-order chi connectivity index (χ1) is 10.2. The number of hydrogen-bond acceptors (Lipinski definition) is 5. The van der Waals surface area contributed by atoms with E-state index < -0.39 is 33.3 Å². The van der Waals surface area contributed by atoms with E-state index in [1.807, 2.05) is 0 Å². The molecule has 0 radical (unpaired) electrons. The van der Waals surface area contributed by atoms with Crippen LogP contribution in [0.3, 0.4) is 0 Å². The molecule has 2 aromatic rings. The fraction of sp³-hybridized carbons (Fsp3) is 0.250. The highest BCUT2D eigenvalue weighted by atomic mass is 32.2. The Hall–Kier alpha value is -2.23. The van der Waals surface area contributed by atoms with Gasteiger partial charge in [0.15, 0.2) is 0 Å². The molecule has 1 heterocycles. The topological polar surface area (TPSA) is 85.1 Å². The van der Waals surface area contributed by atoms with E-state index in [0.717, 1.165) is 24.8 Å². The van der Waals surface area contributed by atoms with Gasteiger partial charge in [-0.05, 0) is 24.6 Å². The number of benzene rings is 1. The Labute approximate surface area is 125 Å². The first-order valence-corrected chi connectivity index (χ1v) is 7.39. The SMILES string of the molecule is Cc1c(C(=O)Nc2nnco2)ccc(C(F)(F)F)c1S(C)=O. The van der Waals surface area contributed by atoms with E-state index in [4.69, 9.17) is 4.42 Å². The van der Waals surface area contributed by atoms with Crippen molar-refractivity contribution in [2.75, 3.05) is 11.6 Å². The predicted octanol–water partition coefficient (Wildman–Crippen LogP) is 2.39. The van der Waals surface area contributed by atoms with Gasteiger partial charge in [0.25, 0.3) is 5.91 Å². The number of aromatic nitrogens is 2. The van der Waals surface area contributed by atoms with E-state index in [1.54, 1.807) is 0 Å². The van der Waals surface area contributed by atoms with Crippen molar-refractivity contribution in [3.05, 3.63) is 35.2 Å². The highest BCUT2D eigenvalue weighted by molar-refractivity contribution is 7.84. The maximum Gasteiger partial charge on any atom is 0.417 e. The van der Waals surface area contributed by atoms with E-state index in [1.165, 1.54) is 6.92 Å². The molecule has 2 rings (SSSR count). The van der Waals surface area contributed by atoms with Gasteiger partial charge in [-0.3, -0.25) is 14.3 Å². The molecule has 0 bridgehead atoms. The van der Waals surface area contributed by atoms with Crippen molar-refractivity contribution in [2.45, 2.75) is 18.0 Å². The number of nitrogens with zero attached hydrogens (tertiary/aromatic N) is 2. The molecule has 1 amide bonds. The number of rotatable bonds is 3. The number of carbonyl (C=O) groups excluding carboxylic acids is 1. The predicted molar refractivity (Wildman–Crippen MR) is 70.8 cm³/mol. The minimum atomic E-state index is -4.66. The average Bonchev–Trinajstić information content (AvgIpc) is 2.89. The molecule has 0 aliphatic rings. The molecule has 0 aliphatic heterocycles. The molecule has 1 unspecified atom stereocenters. The molecule has 0 saturated heterocycles. The summed E-state index contributed by atoms with van der Waals surface area (Å²) in [4.78, 5) is 11.6. The maximum atomic E-state index is 13.0. The summed E-state index contributed by atoms with van der Waals surface area (Å²) in [5, 5.41) is 9.04. The number of alkyl halides is 3. The maximum absolute atomic E-state index is 13.0. The highest BCUT2D eigenvalue weighted by Gasteiger charge is 2.36. The second-order valence-electron chi connectivity index (χ2n) is 4.26. The number of amides is 1. The van der Waals surface area contributed by atoms with Crippen LogP contribution in [-0.2, 0) is 17.0 Å². The van der Waals surface area contributed by atoms with Crippen LogP contribution in [-0.4, -0.2) is 26.6 Å². The standard InChI is InChI=1S/C12H10F3N3O3S/c1-6-7(10(19)17-11-18-16-5-21-11)3-4-8(12(13,14)15)9(6)22(2)20/h3-5H,1-2H3,(H,17,18,19). The quantitative estimate of drug-likeness (QED) is 0.932. The Morgan fingerprint density at radius 3 is 2.55 bits per heavy atom. The molecular formula is C12H10F3N3O3S. The Balaban J connectivity index is 2.48. The molecule has 0 spiro atoms. The second kappa shape index (κ2) is 5.87. The molecule has 1 atom stereocenters. The number of halogens is 3. The fourth-order valence-electron chi connectivity index (χ4n) is 1.92. The molecule has 0 saturated carbocycles. The fourth-order valence-corrected chi connectivity index (χ4v) is 2.96. The van der Waals surface area contributed by atoms with Crippen LogP contribution in [0.1, 0.15) is 21.5 Å². The highest BCUT2D eigenvalue weighted by Crippen LogP contribution is 2.36. The third-order valence-electron chi connectivity index (χ3n) is 2.82. The molecule has 6 nitrogen and oxygen atoms in total. The van der Waals surface area contributed by atoms with Crippen molar-refractivity contribution in [2.24, 2.45) is 0 Å². The largest absolute Gasteiger partial charge is 0.417 e. The Bertz CT molecular complexity index is 729. The third-order valence-corrected chi connectivity index (χ3v) is 3.92. The first-order valence-electron chi connectivity index (χ1n) is 5.83. The molecular weight excluding hydrogens is 323 g/mol. The Morgan fingerprint density at radius 1 is 1.36 bits per heavy atom. The molecule has 0 aliphatic carbocycles. The second-order valence-corrected chi connectivity index (χ2v) is 5.58. The van der Waals surface area contributed by atoms with Crippen LogP contribution in [0.15, 0.2) is 27.8 Å². The summed E-state index contributed by atoms with van der Waals surface area (Å²) in [6.45, 7) is 1.30. The van der Waals surface area contributed by atoms with E-state index in [0.29, 0.717) is 0 Å². The monoisotopic (exact) mass is 333 g/mol. The molecule has 1 aromatic carbocycles. The molecule has 118 valence electrons. The lowest BCUT2D eigenvalue weighted by atomic mass is 10.0. The van der Waals surface area contributed by atoms with Gasteiger partial charge in [-0.25, -0.2) is 0 Å². The molecule has 10 heteroatoms. The number of anilines is 1. The van der Waals surface area contributed by atoms with E-state index in [9.17, 15) is 22.2 Å². The summed E-state index contributed by atoms with van der Waals surface area (Å²) in [5.74, 6) is -0.734. The summed E-state index contributed by atoms with van der Waals surface area (Å²) < 4.78 is 55.3. The van der Waals surface area contributed by atoms with Gasteiger partial charge in [-0.2, -0.15) is 13.2 Å². The van der Waals surface area contributed by atoms with Crippen LogP contribution in [0.25, 0.3) is 0 Å². The lowest BCUT2D eigenvalue weighted by Crippen LogP contribution is -2.18. The van der Waals surface area contributed by atoms with E-state index in [2.05, 4.69) is 15.5 Å². The summed E-state index contributed by atoms with van der Waals surface area (Å²) in [6.07, 6.45) is -2.55. The van der Waals surface area contributed by atoms with Gasteiger partial charge in [0.1, 0.15) is 0 Å². The van der Waals surface area contributed by atoms with Crippen molar-refractivity contribution < 1.29 is 26.6 Å². The summed E-state index contributed by atoms with van der Waals surface area (Å²) in [6, 6.07) is 1.55. The lowest BCUT2D eigenvalue weighted by Gasteiger charge is -2.16. The third kappa shape index (κ3) is 3.16. The lowest BCUT2D eigenvalue weighted by molar-refractivity contribution is -0.139. The van der Waals surface area contributed by atoms with Crippen molar-refractivity contribution >= 4 is 22.7 Å². The van der Waals surface area contributed by atoms with Gasteiger partial charge in [0, 0.05) is 11.8 Å². The average molecular weight is 333 g/mol. The van der Waals surface area contributed by atoms with Gasteiger partial charge in [0.05, 0.1) is 21.3 Å². The van der Waals surface area contributed by atoms with Crippen LogP contribution in [0.5, 0.6) is 0 Å². The number of nitrogens with one attached hydrogen (secondary N) is 1. The van der Waals surface area contributed by atoms with Crippen molar-refractivity contribution in [3.63, 3.8) is 0 Å². The minimum absolute atomic E-state index is 0.0207. The van der Waals surface area contributed by atoms with Gasteiger partial charge in [-0.1, -0.05) is 5.10 Å². The summed E-state index contributed by atoms with van der Waals surface area (Å²) in [5.41, 5.74) is -1.11. The number of carbonyl (C=O) groups is 1.